The van der Waals surface area contributed by atoms with Gasteiger partial charge in [-0.2, -0.15) is 0 Å². The molecule has 0 heterocycles. The zero-order valence-electron chi connectivity index (χ0n) is 10.0. The van der Waals surface area contributed by atoms with E-state index in [2.05, 4.69) is 10.6 Å². The van der Waals surface area contributed by atoms with Crippen molar-refractivity contribution >= 4 is 23.4 Å². The SMILES string of the molecule is CSc1ccccc1NC(=O)CCNC1CC1. The highest BCUT2D eigenvalue weighted by Crippen LogP contribution is 2.24. The molecule has 1 saturated carbocycles. The summed E-state index contributed by atoms with van der Waals surface area (Å²) in [5, 5.41) is 6.29. The summed E-state index contributed by atoms with van der Waals surface area (Å²) in [6.07, 6.45) is 5.08. The topological polar surface area (TPSA) is 41.1 Å². The molecule has 0 unspecified atom stereocenters. The molecule has 3 nitrogen and oxygen atoms in total. The molecule has 1 aromatic carbocycles. The molecule has 1 aliphatic rings. The Hall–Kier alpha value is -1.00. The molecule has 0 radical (unpaired) electrons. The van der Waals surface area contributed by atoms with E-state index in [1.807, 2.05) is 30.5 Å². The lowest BCUT2D eigenvalue weighted by Crippen LogP contribution is -2.23. The van der Waals surface area contributed by atoms with Crippen molar-refractivity contribution in [3.63, 3.8) is 0 Å². The summed E-state index contributed by atoms with van der Waals surface area (Å²) >= 11 is 1.65. The first-order valence-electron chi connectivity index (χ1n) is 5.96. The molecule has 4 heteroatoms. The molecular formula is C13H18N2OS. The van der Waals surface area contributed by atoms with Crippen LogP contribution in [0.25, 0.3) is 0 Å². The van der Waals surface area contributed by atoms with E-state index in [1.165, 1.54) is 12.8 Å². The third-order valence-corrected chi connectivity index (χ3v) is 3.54. The molecule has 0 bridgehead atoms. The van der Waals surface area contributed by atoms with Gasteiger partial charge >= 0.3 is 0 Å². The van der Waals surface area contributed by atoms with Gasteiger partial charge in [0.25, 0.3) is 0 Å². The normalized spacial score (nSPS) is 14.6. The molecule has 1 fully saturated rings. The van der Waals surface area contributed by atoms with E-state index in [-0.39, 0.29) is 5.91 Å². The van der Waals surface area contributed by atoms with Crippen LogP contribution in [0.1, 0.15) is 19.3 Å². The fourth-order valence-electron chi connectivity index (χ4n) is 1.64. The minimum atomic E-state index is 0.0830. The summed E-state index contributed by atoms with van der Waals surface area (Å²) in [6, 6.07) is 8.55. The molecule has 2 rings (SSSR count). The highest BCUT2D eigenvalue weighted by Gasteiger charge is 2.20. The number of hydrogen-bond donors (Lipinski definition) is 2. The Balaban J connectivity index is 1.79. The molecule has 1 aliphatic carbocycles. The summed E-state index contributed by atoms with van der Waals surface area (Å²) < 4.78 is 0. The van der Waals surface area contributed by atoms with Crippen molar-refractivity contribution in [2.24, 2.45) is 0 Å². The summed E-state index contributed by atoms with van der Waals surface area (Å²) in [5.74, 6) is 0.0830. The number of anilines is 1. The number of carbonyl (C=O) groups is 1. The predicted molar refractivity (Wildman–Crippen MR) is 72.5 cm³/mol. The average Bonchev–Trinajstić information content (AvgIpc) is 3.14. The molecule has 2 N–H and O–H groups in total. The van der Waals surface area contributed by atoms with Crippen molar-refractivity contribution in [1.29, 1.82) is 0 Å². The largest absolute Gasteiger partial charge is 0.325 e. The number of nitrogens with one attached hydrogen (secondary N) is 2. The molecule has 0 spiro atoms. The molecule has 0 saturated heterocycles. The van der Waals surface area contributed by atoms with Gasteiger partial charge in [-0.3, -0.25) is 4.79 Å². The Kier molecular flexibility index (Phi) is 4.45. The van der Waals surface area contributed by atoms with Crippen molar-refractivity contribution < 1.29 is 4.79 Å². The van der Waals surface area contributed by atoms with Crippen LogP contribution in [0, 0.1) is 0 Å². The van der Waals surface area contributed by atoms with Crippen LogP contribution in [0.15, 0.2) is 29.2 Å². The highest BCUT2D eigenvalue weighted by atomic mass is 32.2. The van der Waals surface area contributed by atoms with Crippen LogP contribution < -0.4 is 10.6 Å². The number of rotatable bonds is 6. The third kappa shape index (κ3) is 4.06. The van der Waals surface area contributed by atoms with Gasteiger partial charge in [-0.15, -0.1) is 11.8 Å². The van der Waals surface area contributed by atoms with Gasteiger partial charge in [-0.05, 0) is 31.2 Å². The van der Waals surface area contributed by atoms with Crippen LogP contribution in [-0.2, 0) is 4.79 Å². The fraction of sp³-hybridized carbons (Fsp3) is 0.462. The van der Waals surface area contributed by atoms with E-state index in [4.69, 9.17) is 0 Å². The summed E-state index contributed by atoms with van der Waals surface area (Å²) in [7, 11) is 0. The Labute approximate surface area is 106 Å². The number of carbonyl (C=O) groups excluding carboxylic acids is 1. The lowest BCUT2D eigenvalue weighted by molar-refractivity contribution is -0.116. The Morgan fingerprint density at radius 2 is 2.18 bits per heavy atom. The van der Waals surface area contributed by atoms with Crippen molar-refractivity contribution in [2.45, 2.75) is 30.2 Å². The van der Waals surface area contributed by atoms with Crippen molar-refractivity contribution in [3.8, 4) is 0 Å². The lowest BCUT2D eigenvalue weighted by Gasteiger charge is -2.09. The van der Waals surface area contributed by atoms with Crippen molar-refractivity contribution in [2.75, 3.05) is 18.1 Å². The maximum absolute atomic E-state index is 11.7. The quantitative estimate of drug-likeness (QED) is 0.762. The molecule has 1 amide bonds. The summed E-state index contributed by atoms with van der Waals surface area (Å²) in [6.45, 7) is 0.776. The monoisotopic (exact) mass is 250 g/mol. The van der Waals surface area contributed by atoms with E-state index in [1.54, 1.807) is 11.8 Å². The van der Waals surface area contributed by atoms with Crippen molar-refractivity contribution in [3.05, 3.63) is 24.3 Å². The van der Waals surface area contributed by atoms with E-state index in [9.17, 15) is 4.79 Å². The number of amides is 1. The first-order chi connectivity index (χ1) is 8.29. The second-order valence-electron chi connectivity index (χ2n) is 4.23. The number of benzene rings is 1. The van der Waals surface area contributed by atoms with Gasteiger partial charge in [0.2, 0.25) is 5.91 Å². The number of thioether (sulfide) groups is 1. The molecule has 0 atom stereocenters. The highest BCUT2D eigenvalue weighted by molar-refractivity contribution is 7.98. The minimum Gasteiger partial charge on any atom is -0.325 e. The maximum atomic E-state index is 11.7. The second kappa shape index (κ2) is 6.07. The van der Waals surface area contributed by atoms with Crippen molar-refractivity contribution in [1.82, 2.24) is 5.32 Å². The predicted octanol–water partition coefficient (Wildman–Crippen LogP) is 2.49. The van der Waals surface area contributed by atoms with E-state index in [0.717, 1.165) is 17.1 Å². The van der Waals surface area contributed by atoms with Gasteiger partial charge in [-0.25, -0.2) is 0 Å². The zero-order valence-corrected chi connectivity index (χ0v) is 10.8. The first kappa shape index (κ1) is 12.5. The van der Waals surface area contributed by atoms with Gasteiger partial charge in [0.1, 0.15) is 0 Å². The van der Waals surface area contributed by atoms with Gasteiger partial charge in [-0.1, -0.05) is 12.1 Å². The fourth-order valence-corrected chi connectivity index (χ4v) is 2.19. The smallest absolute Gasteiger partial charge is 0.225 e. The molecule has 0 aliphatic heterocycles. The summed E-state index contributed by atoms with van der Waals surface area (Å²) in [5.41, 5.74) is 0.913. The van der Waals surface area contributed by atoms with E-state index in [0.29, 0.717) is 12.5 Å². The van der Waals surface area contributed by atoms with Crippen LogP contribution in [0.2, 0.25) is 0 Å². The minimum absolute atomic E-state index is 0.0830. The Morgan fingerprint density at radius 3 is 2.88 bits per heavy atom. The Bertz CT molecular complexity index is 391. The zero-order chi connectivity index (χ0) is 12.1. The molecular weight excluding hydrogens is 232 g/mol. The maximum Gasteiger partial charge on any atom is 0.225 e. The second-order valence-corrected chi connectivity index (χ2v) is 5.07. The molecule has 1 aromatic rings. The Morgan fingerprint density at radius 1 is 1.41 bits per heavy atom. The lowest BCUT2D eigenvalue weighted by atomic mass is 10.3. The van der Waals surface area contributed by atoms with E-state index < -0.39 is 0 Å². The first-order valence-corrected chi connectivity index (χ1v) is 7.18. The standard InChI is InChI=1S/C13H18N2OS/c1-17-12-5-3-2-4-11(12)15-13(16)8-9-14-10-6-7-10/h2-5,10,14H,6-9H2,1H3,(H,15,16). The summed E-state index contributed by atoms with van der Waals surface area (Å²) in [4.78, 5) is 12.8. The van der Waals surface area contributed by atoms with Gasteiger partial charge in [0.05, 0.1) is 5.69 Å². The van der Waals surface area contributed by atoms with Crippen LogP contribution in [0.5, 0.6) is 0 Å². The molecule has 0 aromatic heterocycles. The molecule has 17 heavy (non-hydrogen) atoms. The van der Waals surface area contributed by atoms with E-state index >= 15 is 0 Å². The molecule has 92 valence electrons. The van der Waals surface area contributed by atoms with Crippen LogP contribution in [0.3, 0.4) is 0 Å². The van der Waals surface area contributed by atoms with Crippen LogP contribution in [-0.4, -0.2) is 24.7 Å². The third-order valence-electron chi connectivity index (χ3n) is 2.74. The van der Waals surface area contributed by atoms with Crippen LogP contribution >= 0.6 is 11.8 Å². The number of hydrogen-bond acceptors (Lipinski definition) is 3. The van der Waals surface area contributed by atoms with Gasteiger partial charge in [0.15, 0.2) is 0 Å². The average molecular weight is 250 g/mol. The van der Waals surface area contributed by atoms with Crippen LogP contribution in [0.4, 0.5) is 5.69 Å². The van der Waals surface area contributed by atoms with Gasteiger partial charge < -0.3 is 10.6 Å². The van der Waals surface area contributed by atoms with Gasteiger partial charge in [0, 0.05) is 23.9 Å². The number of para-hydroxylation sites is 1.